The van der Waals surface area contributed by atoms with Crippen molar-refractivity contribution in [2.24, 2.45) is 5.73 Å². The average Bonchev–Trinajstić information content (AvgIpc) is 3.08. The van der Waals surface area contributed by atoms with Crippen LogP contribution in [-0.2, 0) is 9.53 Å². The van der Waals surface area contributed by atoms with Crippen molar-refractivity contribution < 1.29 is 30.0 Å². The van der Waals surface area contributed by atoms with Gasteiger partial charge < -0.3 is 36.2 Å². The van der Waals surface area contributed by atoms with Crippen LogP contribution in [0.3, 0.4) is 0 Å². The van der Waals surface area contributed by atoms with Crippen LogP contribution in [0.15, 0.2) is 6.20 Å². The van der Waals surface area contributed by atoms with E-state index in [9.17, 15) is 25.2 Å². The highest BCUT2D eigenvalue weighted by Gasteiger charge is 2.44. The molecule has 148 valence electrons. The van der Waals surface area contributed by atoms with Gasteiger partial charge in [-0.3, -0.25) is 4.79 Å². The van der Waals surface area contributed by atoms with Gasteiger partial charge in [0, 0.05) is 5.75 Å². The van der Waals surface area contributed by atoms with Gasteiger partial charge in [-0.05, 0) is 12.2 Å². The monoisotopic (exact) mass is 391 g/mol. The minimum absolute atomic E-state index is 0.0999. The molecule has 1 aliphatic rings. The number of hydrogen-bond acceptors (Lipinski definition) is 10. The van der Waals surface area contributed by atoms with Crippen molar-refractivity contribution in [1.82, 2.24) is 15.0 Å². The van der Waals surface area contributed by atoms with Gasteiger partial charge in [-0.15, -0.1) is 5.10 Å². The Balaban J connectivity index is 1.99. The minimum atomic E-state index is -1.53. The number of carbonyl (C=O) groups is 1. The molecule has 1 amide bonds. The van der Waals surface area contributed by atoms with E-state index in [1.54, 1.807) is 11.8 Å². The summed E-state index contributed by atoms with van der Waals surface area (Å²) in [5, 5.41) is 48.9. The first kappa shape index (κ1) is 21.0. The number of aromatic nitrogens is 3. The first-order valence-electron chi connectivity index (χ1n) is 8.25. The predicted molar refractivity (Wildman–Crippen MR) is 93.3 cm³/mol. The Morgan fingerprint density at radius 2 is 2.15 bits per heavy atom. The predicted octanol–water partition coefficient (Wildman–Crippen LogP) is -2.34. The summed E-state index contributed by atoms with van der Waals surface area (Å²) in [5.74, 6) is 1.06. The Morgan fingerprint density at radius 1 is 1.42 bits per heavy atom. The fourth-order valence-electron chi connectivity index (χ4n) is 2.41. The van der Waals surface area contributed by atoms with Crippen LogP contribution in [0, 0.1) is 0 Å². The van der Waals surface area contributed by atoms with E-state index in [0.717, 1.165) is 16.9 Å². The van der Waals surface area contributed by atoms with E-state index in [-0.39, 0.29) is 5.82 Å². The Kier molecular flexibility index (Phi) is 7.76. The van der Waals surface area contributed by atoms with Crippen molar-refractivity contribution in [3.63, 3.8) is 0 Å². The van der Waals surface area contributed by atoms with Gasteiger partial charge in [0.15, 0.2) is 12.0 Å². The molecule has 1 aliphatic heterocycles. The van der Waals surface area contributed by atoms with Crippen LogP contribution in [0.1, 0.15) is 19.6 Å². The summed E-state index contributed by atoms with van der Waals surface area (Å²) < 4.78 is 6.45. The van der Waals surface area contributed by atoms with Crippen molar-refractivity contribution in [2.45, 2.75) is 50.0 Å². The Bertz CT molecular complexity index is 588. The van der Waals surface area contributed by atoms with Gasteiger partial charge in [-0.2, -0.15) is 11.8 Å². The number of aliphatic hydroxyl groups is 4. The number of nitrogens with two attached hydrogens (primary N) is 1. The van der Waals surface area contributed by atoms with E-state index in [1.807, 2.05) is 6.92 Å². The molecule has 0 bridgehead atoms. The molecular formula is C14H25N5O6S. The zero-order valence-electron chi connectivity index (χ0n) is 14.3. The first-order chi connectivity index (χ1) is 12.4. The molecule has 7 N–H and O–H groups in total. The van der Waals surface area contributed by atoms with Crippen LogP contribution in [-0.4, -0.2) is 89.9 Å². The number of nitrogens with one attached hydrogen (secondary N) is 1. The third-order valence-corrected chi connectivity index (χ3v) is 5.16. The molecule has 11 nitrogen and oxygen atoms in total. The van der Waals surface area contributed by atoms with E-state index in [0.29, 0.717) is 5.75 Å². The minimum Gasteiger partial charge on any atom is -0.394 e. The Hall–Kier alpha value is -1.28. The maximum atomic E-state index is 12.0. The molecule has 0 saturated carbocycles. The highest BCUT2D eigenvalue weighted by molar-refractivity contribution is 7.99. The van der Waals surface area contributed by atoms with Crippen LogP contribution in [0.2, 0.25) is 0 Å². The molecule has 0 aliphatic carbocycles. The standard InChI is InChI=1S/C14H25N5O6S/c1-2-3-26-6-7(15)13(24)16-9-4-19(18-17-9)14-12(23)11(22)10(21)8(5-20)25-14/h4,7-8,10-12,14,20-23H,2-3,5-6,15H2,1H3,(H,16,24)/t7-,8?,10?,11?,12?,14?/m1/s1. The first-order valence-corrected chi connectivity index (χ1v) is 9.41. The van der Waals surface area contributed by atoms with Gasteiger partial charge in [0.05, 0.1) is 18.8 Å². The third kappa shape index (κ3) is 4.91. The molecule has 1 aromatic heterocycles. The number of anilines is 1. The maximum Gasteiger partial charge on any atom is 0.243 e. The molecule has 0 spiro atoms. The highest BCUT2D eigenvalue weighted by atomic mass is 32.2. The zero-order chi connectivity index (χ0) is 19.3. The number of nitrogens with zero attached hydrogens (tertiary/aromatic N) is 3. The number of hydrogen-bond donors (Lipinski definition) is 6. The van der Waals surface area contributed by atoms with Gasteiger partial charge >= 0.3 is 0 Å². The molecular weight excluding hydrogens is 366 g/mol. The SMILES string of the molecule is CCCSC[C@@H](N)C(=O)Nc1cn(C2OC(CO)C(O)C(O)C2O)nn1. The average molecular weight is 391 g/mol. The van der Waals surface area contributed by atoms with E-state index < -0.39 is 49.2 Å². The van der Waals surface area contributed by atoms with Crippen molar-refractivity contribution >= 4 is 23.5 Å². The zero-order valence-corrected chi connectivity index (χ0v) is 15.1. The molecule has 1 saturated heterocycles. The number of aliphatic hydroxyl groups excluding tert-OH is 4. The lowest BCUT2D eigenvalue weighted by molar-refractivity contribution is -0.254. The largest absolute Gasteiger partial charge is 0.394 e. The van der Waals surface area contributed by atoms with Crippen LogP contribution >= 0.6 is 11.8 Å². The van der Waals surface area contributed by atoms with Crippen molar-refractivity contribution in [2.75, 3.05) is 23.4 Å². The molecule has 5 unspecified atom stereocenters. The van der Waals surface area contributed by atoms with Crippen LogP contribution < -0.4 is 11.1 Å². The maximum absolute atomic E-state index is 12.0. The van der Waals surface area contributed by atoms with E-state index in [1.165, 1.54) is 6.20 Å². The van der Waals surface area contributed by atoms with Crippen LogP contribution in [0.4, 0.5) is 5.82 Å². The second kappa shape index (κ2) is 9.60. The number of thioether (sulfide) groups is 1. The summed E-state index contributed by atoms with van der Waals surface area (Å²) in [6.07, 6.45) is -4.44. The van der Waals surface area contributed by atoms with Crippen LogP contribution in [0.5, 0.6) is 0 Å². The van der Waals surface area contributed by atoms with Crippen LogP contribution in [0.25, 0.3) is 0 Å². The lowest BCUT2D eigenvalue weighted by atomic mass is 9.98. The summed E-state index contributed by atoms with van der Waals surface area (Å²) >= 11 is 1.58. The van der Waals surface area contributed by atoms with Crippen molar-refractivity contribution in [1.29, 1.82) is 0 Å². The van der Waals surface area contributed by atoms with Gasteiger partial charge in [-0.25, -0.2) is 4.68 Å². The molecule has 1 aromatic rings. The fraction of sp³-hybridized carbons (Fsp3) is 0.786. The van der Waals surface area contributed by atoms with Crippen molar-refractivity contribution in [3.05, 3.63) is 6.20 Å². The van der Waals surface area contributed by atoms with E-state index in [4.69, 9.17) is 10.5 Å². The Morgan fingerprint density at radius 3 is 2.81 bits per heavy atom. The quantitative estimate of drug-likeness (QED) is 0.263. The number of rotatable bonds is 8. The fourth-order valence-corrected chi connectivity index (χ4v) is 3.27. The van der Waals surface area contributed by atoms with Gasteiger partial charge in [0.25, 0.3) is 0 Å². The lowest BCUT2D eigenvalue weighted by Gasteiger charge is -2.39. The highest BCUT2D eigenvalue weighted by Crippen LogP contribution is 2.28. The molecule has 12 heteroatoms. The van der Waals surface area contributed by atoms with Crippen molar-refractivity contribution in [3.8, 4) is 0 Å². The Labute approximate surface area is 154 Å². The van der Waals surface area contributed by atoms with E-state index >= 15 is 0 Å². The molecule has 0 aromatic carbocycles. The molecule has 26 heavy (non-hydrogen) atoms. The summed E-state index contributed by atoms with van der Waals surface area (Å²) in [5.41, 5.74) is 5.81. The van der Waals surface area contributed by atoms with Gasteiger partial charge in [-0.1, -0.05) is 12.1 Å². The second-order valence-corrected chi connectivity index (χ2v) is 7.12. The van der Waals surface area contributed by atoms with Gasteiger partial charge in [0.2, 0.25) is 5.91 Å². The molecule has 2 heterocycles. The molecule has 1 fully saturated rings. The number of amides is 1. The summed E-state index contributed by atoms with van der Waals surface area (Å²) in [7, 11) is 0. The topological polar surface area (TPSA) is 176 Å². The molecule has 2 rings (SSSR count). The smallest absolute Gasteiger partial charge is 0.243 e. The summed E-state index contributed by atoms with van der Waals surface area (Å²) in [4.78, 5) is 12.0. The lowest BCUT2D eigenvalue weighted by Crippen LogP contribution is -2.56. The number of ether oxygens (including phenoxy) is 1. The van der Waals surface area contributed by atoms with Gasteiger partial charge in [0.1, 0.15) is 24.4 Å². The molecule has 0 radical (unpaired) electrons. The number of carbonyl (C=O) groups excluding carboxylic acids is 1. The second-order valence-electron chi connectivity index (χ2n) is 5.97. The third-order valence-electron chi connectivity index (χ3n) is 3.87. The summed E-state index contributed by atoms with van der Waals surface area (Å²) in [6, 6.07) is -0.705. The summed E-state index contributed by atoms with van der Waals surface area (Å²) in [6.45, 7) is 1.49. The molecule has 6 atom stereocenters. The normalized spacial score (nSPS) is 30.2. The van der Waals surface area contributed by atoms with E-state index in [2.05, 4.69) is 15.6 Å².